The van der Waals surface area contributed by atoms with Gasteiger partial charge in [-0.3, -0.25) is 9.59 Å². The van der Waals surface area contributed by atoms with E-state index in [9.17, 15) is 18.4 Å². The highest BCUT2D eigenvalue weighted by atomic mass is 19.1. The summed E-state index contributed by atoms with van der Waals surface area (Å²) >= 11 is 0. The number of primary amides is 1. The van der Waals surface area contributed by atoms with Crippen molar-refractivity contribution >= 4 is 11.8 Å². The molecule has 0 saturated carbocycles. The van der Waals surface area contributed by atoms with Crippen LogP contribution in [0.2, 0.25) is 0 Å². The van der Waals surface area contributed by atoms with Crippen molar-refractivity contribution in [3.05, 3.63) is 34.9 Å². The van der Waals surface area contributed by atoms with E-state index in [-0.39, 0.29) is 37.1 Å². The number of rotatable bonds is 3. The van der Waals surface area contributed by atoms with Crippen LogP contribution in [0.1, 0.15) is 17.5 Å². The molecule has 5 nitrogen and oxygen atoms in total. The molecule has 2 amide bonds. The molecule has 1 aromatic rings. The summed E-state index contributed by atoms with van der Waals surface area (Å²) in [7, 11) is 0. The second-order valence-electron chi connectivity index (χ2n) is 4.77. The Morgan fingerprint density at radius 1 is 1.25 bits per heavy atom. The van der Waals surface area contributed by atoms with Crippen molar-refractivity contribution in [3.8, 4) is 0 Å². The third-order valence-corrected chi connectivity index (χ3v) is 3.35. The molecule has 108 valence electrons. The SMILES string of the molecule is NC(=O)C[C@@H](N)C(=O)N1CCc2c(F)ccc(F)c2C1. The molecule has 0 aliphatic carbocycles. The maximum atomic E-state index is 13.7. The zero-order valence-electron chi connectivity index (χ0n) is 10.7. The number of carbonyl (C=O) groups is 2. The maximum Gasteiger partial charge on any atom is 0.240 e. The number of nitrogens with zero attached hydrogens (tertiary/aromatic N) is 1. The van der Waals surface area contributed by atoms with Gasteiger partial charge in [0.25, 0.3) is 0 Å². The minimum Gasteiger partial charge on any atom is -0.370 e. The predicted molar refractivity (Wildman–Crippen MR) is 67.3 cm³/mol. The highest BCUT2D eigenvalue weighted by Crippen LogP contribution is 2.24. The fourth-order valence-electron chi connectivity index (χ4n) is 2.32. The summed E-state index contributed by atoms with van der Waals surface area (Å²) in [6.07, 6.45) is -0.0538. The van der Waals surface area contributed by atoms with Gasteiger partial charge in [0.2, 0.25) is 11.8 Å². The minimum absolute atomic E-state index is 0.0514. The Labute approximate surface area is 114 Å². The maximum absolute atomic E-state index is 13.7. The average molecular weight is 283 g/mol. The molecule has 7 heteroatoms. The van der Waals surface area contributed by atoms with Crippen LogP contribution >= 0.6 is 0 Å². The van der Waals surface area contributed by atoms with Gasteiger partial charge in [-0.05, 0) is 24.1 Å². The number of carbonyl (C=O) groups excluding carboxylic acids is 2. The Hall–Kier alpha value is -2.02. The lowest BCUT2D eigenvalue weighted by atomic mass is 9.97. The van der Waals surface area contributed by atoms with Crippen molar-refractivity contribution in [3.63, 3.8) is 0 Å². The van der Waals surface area contributed by atoms with Crippen LogP contribution < -0.4 is 11.5 Å². The van der Waals surface area contributed by atoms with Crippen LogP contribution in [0.3, 0.4) is 0 Å². The predicted octanol–water partition coefficient (Wildman–Crippen LogP) is 0.0522. The number of hydrogen-bond donors (Lipinski definition) is 2. The van der Waals surface area contributed by atoms with Crippen LogP contribution in [0.5, 0.6) is 0 Å². The van der Waals surface area contributed by atoms with E-state index in [1.165, 1.54) is 4.90 Å². The second-order valence-corrected chi connectivity index (χ2v) is 4.77. The molecule has 0 saturated heterocycles. The normalized spacial score (nSPS) is 15.7. The first-order chi connectivity index (χ1) is 9.40. The van der Waals surface area contributed by atoms with Crippen LogP contribution in [0.25, 0.3) is 0 Å². The summed E-state index contributed by atoms with van der Waals surface area (Å²) in [4.78, 5) is 24.1. The molecule has 0 aromatic heterocycles. The molecule has 1 aliphatic heterocycles. The number of nitrogens with two attached hydrogens (primary N) is 2. The average Bonchev–Trinajstić information content (AvgIpc) is 2.41. The number of amides is 2. The molecule has 0 radical (unpaired) electrons. The van der Waals surface area contributed by atoms with Crippen molar-refractivity contribution in [2.45, 2.75) is 25.4 Å². The van der Waals surface area contributed by atoms with Crippen molar-refractivity contribution in [2.24, 2.45) is 11.5 Å². The third-order valence-electron chi connectivity index (χ3n) is 3.35. The fourth-order valence-corrected chi connectivity index (χ4v) is 2.32. The van der Waals surface area contributed by atoms with Crippen LogP contribution in [0.15, 0.2) is 12.1 Å². The Kier molecular flexibility index (Phi) is 3.99. The summed E-state index contributed by atoms with van der Waals surface area (Å²) < 4.78 is 27.2. The first-order valence-electron chi connectivity index (χ1n) is 6.18. The highest BCUT2D eigenvalue weighted by molar-refractivity contribution is 5.87. The molecule has 1 aromatic carbocycles. The van der Waals surface area contributed by atoms with Crippen molar-refractivity contribution in [1.29, 1.82) is 0 Å². The van der Waals surface area contributed by atoms with Gasteiger partial charge in [-0.25, -0.2) is 8.78 Å². The van der Waals surface area contributed by atoms with Gasteiger partial charge in [0.15, 0.2) is 0 Å². The van der Waals surface area contributed by atoms with Gasteiger partial charge in [-0.1, -0.05) is 0 Å². The van der Waals surface area contributed by atoms with Gasteiger partial charge in [-0.2, -0.15) is 0 Å². The van der Waals surface area contributed by atoms with Crippen LogP contribution in [-0.2, 0) is 22.6 Å². The molecule has 0 bridgehead atoms. The topological polar surface area (TPSA) is 89.4 Å². The zero-order valence-corrected chi connectivity index (χ0v) is 10.7. The number of benzene rings is 1. The standard InChI is InChI=1S/C13H15F2N3O2/c14-9-1-2-10(15)8-6-18(4-3-7(8)9)13(20)11(16)5-12(17)19/h1-2,11H,3-6,16H2,(H2,17,19)/t11-/m1/s1. The van der Waals surface area contributed by atoms with E-state index < -0.39 is 29.5 Å². The van der Waals surface area contributed by atoms with E-state index in [4.69, 9.17) is 11.5 Å². The first kappa shape index (κ1) is 14.4. The first-order valence-corrected chi connectivity index (χ1v) is 6.18. The molecule has 1 atom stereocenters. The summed E-state index contributed by atoms with van der Waals surface area (Å²) in [6, 6.07) is 1.06. The van der Waals surface area contributed by atoms with Crippen LogP contribution in [0, 0.1) is 11.6 Å². The van der Waals surface area contributed by atoms with E-state index in [0.717, 1.165) is 12.1 Å². The Morgan fingerprint density at radius 3 is 2.45 bits per heavy atom. The smallest absolute Gasteiger partial charge is 0.240 e. The van der Waals surface area contributed by atoms with Crippen molar-refractivity contribution in [1.82, 2.24) is 4.90 Å². The van der Waals surface area contributed by atoms with E-state index in [1.807, 2.05) is 0 Å². The molecule has 20 heavy (non-hydrogen) atoms. The minimum atomic E-state index is -1.05. The fraction of sp³-hybridized carbons (Fsp3) is 0.385. The molecule has 1 aliphatic rings. The van der Waals surface area contributed by atoms with Gasteiger partial charge < -0.3 is 16.4 Å². The zero-order chi connectivity index (χ0) is 14.9. The molecule has 0 fully saturated rings. The summed E-state index contributed by atoms with van der Waals surface area (Å²) in [5, 5.41) is 0. The summed E-state index contributed by atoms with van der Waals surface area (Å²) in [5.41, 5.74) is 11.0. The summed E-state index contributed by atoms with van der Waals surface area (Å²) in [6.45, 7) is 0.183. The van der Waals surface area contributed by atoms with Gasteiger partial charge in [0, 0.05) is 18.7 Å². The van der Waals surface area contributed by atoms with E-state index in [2.05, 4.69) is 0 Å². The largest absolute Gasteiger partial charge is 0.370 e. The second kappa shape index (κ2) is 5.54. The Morgan fingerprint density at radius 2 is 1.85 bits per heavy atom. The quantitative estimate of drug-likeness (QED) is 0.821. The van der Waals surface area contributed by atoms with E-state index in [0.29, 0.717) is 0 Å². The van der Waals surface area contributed by atoms with Crippen LogP contribution in [-0.4, -0.2) is 29.3 Å². The number of halogens is 2. The third kappa shape index (κ3) is 2.77. The molecule has 0 unspecified atom stereocenters. The molecule has 0 spiro atoms. The number of fused-ring (bicyclic) bond motifs is 1. The van der Waals surface area contributed by atoms with Gasteiger partial charge >= 0.3 is 0 Å². The van der Waals surface area contributed by atoms with E-state index in [1.54, 1.807) is 0 Å². The lowest BCUT2D eigenvalue weighted by Gasteiger charge is -2.31. The summed E-state index contributed by atoms with van der Waals surface area (Å²) in [5.74, 6) is -2.20. The van der Waals surface area contributed by atoms with Gasteiger partial charge in [0.05, 0.1) is 12.5 Å². The van der Waals surface area contributed by atoms with Crippen LogP contribution in [0.4, 0.5) is 8.78 Å². The molecular formula is C13H15F2N3O2. The Bertz CT molecular complexity index is 563. The Balaban J connectivity index is 2.17. The number of hydrogen-bond acceptors (Lipinski definition) is 3. The lowest BCUT2D eigenvalue weighted by molar-refractivity contribution is -0.135. The van der Waals surface area contributed by atoms with Gasteiger partial charge in [0.1, 0.15) is 11.6 Å². The molecule has 4 N–H and O–H groups in total. The molecular weight excluding hydrogens is 268 g/mol. The highest BCUT2D eigenvalue weighted by Gasteiger charge is 2.28. The van der Waals surface area contributed by atoms with Crippen molar-refractivity contribution in [2.75, 3.05) is 6.54 Å². The van der Waals surface area contributed by atoms with Crippen molar-refractivity contribution < 1.29 is 18.4 Å². The molecule has 1 heterocycles. The monoisotopic (exact) mass is 283 g/mol. The van der Waals surface area contributed by atoms with Gasteiger partial charge in [-0.15, -0.1) is 0 Å². The lowest BCUT2D eigenvalue weighted by Crippen LogP contribution is -2.47. The van der Waals surface area contributed by atoms with E-state index >= 15 is 0 Å². The molecule has 2 rings (SSSR count).